The first-order chi connectivity index (χ1) is 17.1. The molecule has 0 saturated carbocycles. The molecule has 0 fully saturated rings. The zero-order valence-electron chi connectivity index (χ0n) is 19.5. The fraction of sp³-hybridized carbons (Fsp3) is 0.120. The molecule has 3 aromatic carbocycles. The summed E-state index contributed by atoms with van der Waals surface area (Å²) in [6.45, 7) is -0.538. The quantitative estimate of drug-likeness (QED) is 0.329. The maximum absolute atomic E-state index is 13.6. The molecule has 0 radical (unpaired) electrons. The van der Waals surface area contributed by atoms with Crippen molar-refractivity contribution in [3.05, 3.63) is 93.5 Å². The maximum atomic E-state index is 13.6. The highest BCUT2D eigenvalue weighted by Crippen LogP contribution is 2.40. The molecule has 1 heterocycles. The fourth-order valence-electron chi connectivity index (χ4n) is 3.81. The van der Waals surface area contributed by atoms with Gasteiger partial charge in [0.2, 0.25) is 15.9 Å². The molecule has 0 aliphatic carbocycles. The number of nitrogens with two attached hydrogens (primary N) is 1. The van der Waals surface area contributed by atoms with Crippen LogP contribution in [-0.4, -0.2) is 44.3 Å². The Kier molecular flexibility index (Phi) is 6.69. The molecule has 0 aliphatic rings. The summed E-state index contributed by atoms with van der Waals surface area (Å²) in [6, 6.07) is 16.7. The lowest BCUT2D eigenvalue weighted by atomic mass is 10.0. The zero-order chi connectivity index (χ0) is 26.0. The standard InChI is InChI=1S/C25H23N5O5S/c1-29(2)36(34,35)25-18(16-7-4-3-5-8-16)9-6-10-19(25)30(15-20(26)31)22-21(23(32)24(22)33)28-17-11-13-27-14-12-17/h3-14H,15H2,1-2H3,(H2,26,31)(H,27,28). The molecular weight excluding hydrogens is 482 g/mol. The van der Waals surface area contributed by atoms with Crippen LogP contribution in [0.4, 0.5) is 22.7 Å². The Balaban J connectivity index is 1.99. The maximum Gasteiger partial charge on any atom is 0.253 e. The first-order valence-corrected chi connectivity index (χ1v) is 12.2. The number of carbonyl (C=O) groups is 1. The lowest BCUT2D eigenvalue weighted by Gasteiger charge is -2.30. The third kappa shape index (κ3) is 4.49. The van der Waals surface area contributed by atoms with Gasteiger partial charge in [0, 0.05) is 37.7 Å². The number of pyridine rings is 1. The van der Waals surface area contributed by atoms with Crippen molar-refractivity contribution in [3.8, 4) is 11.1 Å². The van der Waals surface area contributed by atoms with Crippen molar-refractivity contribution < 1.29 is 13.2 Å². The summed E-state index contributed by atoms with van der Waals surface area (Å²) in [5, 5.41) is 2.87. The van der Waals surface area contributed by atoms with E-state index >= 15 is 0 Å². The Morgan fingerprint density at radius 3 is 2.22 bits per heavy atom. The summed E-state index contributed by atoms with van der Waals surface area (Å²) in [5.74, 6) is -0.823. The third-order valence-electron chi connectivity index (χ3n) is 5.53. The van der Waals surface area contributed by atoms with Crippen LogP contribution in [0.3, 0.4) is 0 Å². The average Bonchev–Trinajstić information content (AvgIpc) is 2.87. The number of anilines is 4. The summed E-state index contributed by atoms with van der Waals surface area (Å²) in [6.07, 6.45) is 3.00. The number of amides is 1. The molecule has 11 heteroatoms. The molecule has 184 valence electrons. The number of hydrogen-bond donors (Lipinski definition) is 2. The van der Waals surface area contributed by atoms with Gasteiger partial charge in [-0.05, 0) is 23.8 Å². The van der Waals surface area contributed by atoms with E-state index in [9.17, 15) is 22.8 Å². The van der Waals surface area contributed by atoms with Gasteiger partial charge in [0.1, 0.15) is 22.8 Å². The molecule has 3 N–H and O–H groups in total. The predicted octanol–water partition coefficient (Wildman–Crippen LogP) is 1.96. The van der Waals surface area contributed by atoms with Gasteiger partial charge < -0.3 is 16.0 Å². The minimum atomic E-state index is -4.10. The van der Waals surface area contributed by atoms with Crippen LogP contribution in [0.25, 0.3) is 11.1 Å². The summed E-state index contributed by atoms with van der Waals surface area (Å²) in [4.78, 5) is 42.4. The van der Waals surface area contributed by atoms with Crippen molar-refractivity contribution in [2.75, 3.05) is 30.9 Å². The first kappa shape index (κ1) is 24.8. The fourth-order valence-corrected chi connectivity index (χ4v) is 5.08. The lowest BCUT2D eigenvalue weighted by molar-refractivity contribution is -0.116. The third-order valence-corrected chi connectivity index (χ3v) is 7.43. The van der Waals surface area contributed by atoms with Crippen LogP contribution >= 0.6 is 0 Å². The second-order valence-corrected chi connectivity index (χ2v) is 10.2. The molecule has 4 rings (SSSR count). The Labute approximate surface area is 207 Å². The van der Waals surface area contributed by atoms with Crippen molar-refractivity contribution >= 4 is 38.7 Å². The highest BCUT2D eigenvalue weighted by molar-refractivity contribution is 7.89. The van der Waals surface area contributed by atoms with E-state index in [2.05, 4.69) is 10.3 Å². The minimum Gasteiger partial charge on any atom is -0.368 e. The van der Waals surface area contributed by atoms with Gasteiger partial charge in [0.05, 0.1) is 5.69 Å². The Bertz CT molecular complexity index is 1600. The van der Waals surface area contributed by atoms with Crippen molar-refractivity contribution in [1.82, 2.24) is 9.29 Å². The summed E-state index contributed by atoms with van der Waals surface area (Å²) < 4.78 is 28.2. The molecule has 0 unspecified atom stereocenters. The van der Waals surface area contributed by atoms with E-state index in [1.54, 1.807) is 54.6 Å². The van der Waals surface area contributed by atoms with Crippen molar-refractivity contribution in [2.24, 2.45) is 5.73 Å². The normalized spacial score (nSPS) is 11.5. The summed E-state index contributed by atoms with van der Waals surface area (Å²) in [7, 11) is -1.34. The molecule has 4 aromatic rings. The highest BCUT2D eigenvalue weighted by atomic mass is 32.2. The number of nitrogens with one attached hydrogen (secondary N) is 1. The molecule has 0 atom stereocenters. The number of benzene rings is 2. The monoisotopic (exact) mass is 505 g/mol. The molecule has 0 aliphatic heterocycles. The van der Waals surface area contributed by atoms with Crippen LogP contribution in [0.5, 0.6) is 0 Å². The lowest BCUT2D eigenvalue weighted by Crippen LogP contribution is -2.43. The van der Waals surface area contributed by atoms with Crippen LogP contribution < -0.4 is 26.8 Å². The van der Waals surface area contributed by atoms with Gasteiger partial charge in [0.25, 0.3) is 10.9 Å². The molecule has 1 aromatic heterocycles. The van der Waals surface area contributed by atoms with E-state index in [1.165, 1.54) is 37.5 Å². The van der Waals surface area contributed by atoms with Gasteiger partial charge in [-0.3, -0.25) is 19.4 Å². The smallest absolute Gasteiger partial charge is 0.253 e. The van der Waals surface area contributed by atoms with E-state index < -0.39 is 33.3 Å². The summed E-state index contributed by atoms with van der Waals surface area (Å²) in [5.41, 5.74) is 5.09. The Morgan fingerprint density at radius 1 is 0.944 bits per heavy atom. The van der Waals surface area contributed by atoms with Crippen LogP contribution in [-0.2, 0) is 14.8 Å². The second-order valence-electron chi connectivity index (χ2n) is 8.10. The number of nitrogens with zero attached hydrogens (tertiary/aromatic N) is 3. The molecule has 0 spiro atoms. The molecule has 10 nitrogen and oxygen atoms in total. The van der Waals surface area contributed by atoms with E-state index in [1.807, 2.05) is 0 Å². The molecule has 36 heavy (non-hydrogen) atoms. The predicted molar refractivity (Wildman–Crippen MR) is 138 cm³/mol. The molecule has 0 bridgehead atoms. The van der Waals surface area contributed by atoms with Crippen molar-refractivity contribution in [1.29, 1.82) is 0 Å². The summed E-state index contributed by atoms with van der Waals surface area (Å²) >= 11 is 0. The van der Waals surface area contributed by atoms with Gasteiger partial charge in [-0.1, -0.05) is 42.5 Å². The largest absolute Gasteiger partial charge is 0.368 e. The van der Waals surface area contributed by atoms with E-state index in [-0.39, 0.29) is 22.0 Å². The van der Waals surface area contributed by atoms with Gasteiger partial charge in [-0.15, -0.1) is 0 Å². The van der Waals surface area contributed by atoms with Crippen molar-refractivity contribution in [3.63, 3.8) is 0 Å². The van der Waals surface area contributed by atoms with Crippen LogP contribution in [0, 0.1) is 0 Å². The number of primary amides is 1. The molecular formula is C25H23N5O5S. The van der Waals surface area contributed by atoms with Crippen LogP contribution in [0.2, 0.25) is 0 Å². The molecule has 0 saturated heterocycles. The van der Waals surface area contributed by atoms with Crippen molar-refractivity contribution in [2.45, 2.75) is 4.90 Å². The van der Waals surface area contributed by atoms with Crippen LogP contribution in [0.15, 0.2) is 87.5 Å². The van der Waals surface area contributed by atoms with Gasteiger partial charge >= 0.3 is 0 Å². The average molecular weight is 506 g/mol. The van der Waals surface area contributed by atoms with Crippen LogP contribution in [0.1, 0.15) is 0 Å². The first-order valence-electron chi connectivity index (χ1n) is 10.8. The zero-order valence-corrected chi connectivity index (χ0v) is 20.3. The number of hydrogen-bond acceptors (Lipinski definition) is 8. The minimum absolute atomic E-state index is 0.0359. The second kappa shape index (κ2) is 9.72. The Hall–Kier alpha value is -4.35. The topological polar surface area (TPSA) is 143 Å². The van der Waals surface area contributed by atoms with Gasteiger partial charge in [0.15, 0.2) is 0 Å². The SMILES string of the molecule is CN(C)S(=O)(=O)c1c(-c2ccccc2)cccc1N(CC(N)=O)c1c(Nc2ccncc2)c(=O)c1=O. The molecule has 1 amide bonds. The number of carbonyl (C=O) groups excluding carboxylic acids is 1. The number of aromatic nitrogens is 1. The number of sulfonamides is 1. The van der Waals surface area contributed by atoms with Gasteiger partial charge in [-0.25, -0.2) is 12.7 Å². The number of rotatable bonds is 9. The highest BCUT2D eigenvalue weighted by Gasteiger charge is 2.34. The van der Waals surface area contributed by atoms with E-state index in [0.717, 1.165) is 4.31 Å². The Morgan fingerprint density at radius 2 is 1.61 bits per heavy atom. The van der Waals surface area contributed by atoms with Gasteiger partial charge in [-0.2, -0.15) is 0 Å². The van der Waals surface area contributed by atoms with E-state index in [4.69, 9.17) is 5.73 Å². The van der Waals surface area contributed by atoms with E-state index in [0.29, 0.717) is 16.8 Å².